The van der Waals surface area contributed by atoms with Crippen molar-refractivity contribution in [3.63, 3.8) is 0 Å². The Bertz CT molecular complexity index is 3080. The molecular formula is C48H30FN3O. The van der Waals surface area contributed by atoms with Crippen molar-refractivity contribution >= 4 is 43.6 Å². The number of para-hydroxylation sites is 3. The highest BCUT2D eigenvalue weighted by Gasteiger charge is 2.20. The number of rotatable bonds is 4. The molecule has 1 aliphatic heterocycles. The van der Waals surface area contributed by atoms with Gasteiger partial charge in [-0.2, -0.15) is 0 Å². The van der Waals surface area contributed by atoms with Gasteiger partial charge in [0.2, 0.25) is 0 Å². The third-order valence-corrected chi connectivity index (χ3v) is 10.7. The molecule has 53 heavy (non-hydrogen) atoms. The first-order valence-corrected chi connectivity index (χ1v) is 17.8. The molecule has 0 atom stereocenters. The minimum absolute atomic E-state index is 0.281. The van der Waals surface area contributed by atoms with E-state index in [9.17, 15) is 4.39 Å². The highest BCUT2D eigenvalue weighted by Crippen LogP contribution is 2.41. The summed E-state index contributed by atoms with van der Waals surface area (Å²) in [4.78, 5) is 5.23. The van der Waals surface area contributed by atoms with Crippen molar-refractivity contribution in [3.8, 4) is 50.8 Å². The van der Waals surface area contributed by atoms with Gasteiger partial charge in [-0.25, -0.2) is 9.37 Å². The lowest BCUT2D eigenvalue weighted by Crippen LogP contribution is -2.06. The highest BCUT2D eigenvalue weighted by molar-refractivity contribution is 6.12. The molecule has 0 N–H and O–H groups in total. The fourth-order valence-electron chi connectivity index (χ4n) is 8.22. The Kier molecular flexibility index (Phi) is 6.46. The van der Waals surface area contributed by atoms with E-state index >= 15 is 0 Å². The Morgan fingerprint density at radius 1 is 0.472 bits per heavy atom. The Labute approximate surface area is 304 Å². The summed E-state index contributed by atoms with van der Waals surface area (Å²) in [5, 5.41) is 4.81. The monoisotopic (exact) mass is 683 g/mol. The van der Waals surface area contributed by atoms with E-state index in [1.807, 2.05) is 6.07 Å². The average Bonchev–Trinajstić information content (AvgIpc) is 3.73. The number of halogens is 1. The lowest BCUT2D eigenvalue weighted by Gasteiger charge is -2.21. The van der Waals surface area contributed by atoms with Gasteiger partial charge in [-0.05, 0) is 107 Å². The second-order valence-corrected chi connectivity index (χ2v) is 13.7. The Morgan fingerprint density at radius 2 is 1.11 bits per heavy atom. The molecule has 0 saturated carbocycles. The molecule has 5 heteroatoms. The maximum atomic E-state index is 14.3. The van der Waals surface area contributed by atoms with Crippen LogP contribution in [0.1, 0.15) is 5.56 Å². The van der Waals surface area contributed by atoms with E-state index < -0.39 is 0 Å². The molecule has 7 aromatic carbocycles. The summed E-state index contributed by atoms with van der Waals surface area (Å²) in [7, 11) is 0. The van der Waals surface area contributed by atoms with E-state index in [-0.39, 0.29) is 5.82 Å². The minimum Gasteiger partial charge on any atom is -0.488 e. The molecule has 4 nitrogen and oxygen atoms in total. The smallest absolute Gasteiger partial charge is 0.138 e. The van der Waals surface area contributed by atoms with Gasteiger partial charge >= 0.3 is 0 Å². The molecule has 4 heterocycles. The molecule has 3 aromatic heterocycles. The van der Waals surface area contributed by atoms with Crippen LogP contribution in [0.3, 0.4) is 0 Å². The summed E-state index contributed by atoms with van der Waals surface area (Å²) < 4.78 is 24.8. The van der Waals surface area contributed by atoms with Crippen molar-refractivity contribution in [2.45, 2.75) is 6.61 Å². The summed E-state index contributed by atoms with van der Waals surface area (Å²) in [6.45, 7) is 0.454. The fraction of sp³-hybridized carbons (Fsp3) is 0.0208. The topological polar surface area (TPSA) is 32.0 Å². The van der Waals surface area contributed by atoms with Gasteiger partial charge in [0.25, 0.3) is 0 Å². The van der Waals surface area contributed by atoms with Crippen LogP contribution >= 0.6 is 0 Å². The molecular weight excluding hydrogens is 654 g/mol. The van der Waals surface area contributed by atoms with Crippen LogP contribution < -0.4 is 4.74 Å². The molecule has 0 saturated heterocycles. The van der Waals surface area contributed by atoms with E-state index in [0.717, 1.165) is 56.0 Å². The van der Waals surface area contributed by atoms with Gasteiger partial charge in [0, 0.05) is 38.4 Å². The number of fused-ring (bicyclic) bond motifs is 9. The number of hydrogen-bond acceptors (Lipinski definition) is 2. The van der Waals surface area contributed by atoms with Crippen LogP contribution in [0.25, 0.3) is 88.6 Å². The summed E-state index contributed by atoms with van der Waals surface area (Å²) in [5.41, 5.74) is 12.6. The SMILES string of the molecule is Fc1ccc2c(c1)-c1cc(-c3cccc(-n4c5ccccc5c5cc(-c6ccc7c(c6)c6ccccc6n7-c6ccccc6)ccc54)n3)ccc1CO2. The lowest BCUT2D eigenvalue weighted by atomic mass is 9.94. The van der Waals surface area contributed by atoms with Crippen LogP contribution in [0.5, 0.6) is 5.75 Å². The van der Waals surface area contributed by atoms with Crippen molar-refractivity contribution < 1.29 is 9.13 Å². The van der Waals surface area contributed by atoms with Crippen LogP contribution in [0.2, 0.25) is 0 Å². The first-order valence-electron chi connectivity index (χ1n) is 17.8. The molecule has 11 rings (SSSR count). The number of pyridine rings is 1. The molecule has 0 amide bonds. The minimum atomic E-state index is -0.281. The van der Waals surface area contributed by atoms with Gasteiger partial charge in [0.1, 0.15) is 24.0 Å². The quantitative estimate of drug-likeness (QED) is 0.185. The van der Waals surface area contributed by atoms with Crippen LogP contribution in [0.15, 0.2) is 170 Å². The van der Waals surface area contributed by atoms with Gasteiger partial charge < -0.3 is 9.30 Å². The van der Waals surface area contributed by atoms with Crippen molar-refractivity contribution in [1.29, 1.82) is 0 Å². The number of benzene rings is 7. The molecule has 0 radical (unpaired) electrons. The van der Waals surface area contributed by atoms with E-state index in [2.05, 4.69) is 155 Å². The summed E-state index contributed by atoms with van der Waals surface area (Å²) in [5.74, 6) is 1.25. The first kappa shape index (κ1) is 29.7. The Morgan fingerprint density at radius 3 is 1.87 bits per heavy atom. The van der Waals surface area contributed by atoms with Gasteiger partial charge in [0.05, 0.1) is 27.8 Å². The molecule has 0 unspecified atom stereocenters. The van der Waals surface area contributed by atoms with E-state index in [1.165, 1.54) is 44.2 Å². The van der Waals surface area contributed by atoms with Crippen molar-refractivity contribution in [2.24, 2.45) is 0 Å². The van der Waals surface area contributed by atoms with Crippen molar-refractivity contribution in [1.82, 2.24) is 14.1 Å². The Balaban J connectivity index is 1.04. The number of nitrogens with zero attached hydrogens (tertiary/aromatic N) is 3. The standard InChI is InChI=1S/C48H30FN3O/c49-34-21-24-47-41(28-34)38-27-32(17-18-33(38)29-53-47)42-13-8-16-48(50-42)52-44-15-7-5-12-37(44)40-26-31(20-23-46(40)52)30-19-22-45-39(25-30)36-11-4-6-14-43(36)51(45)35-9-2-1-3-10-35/h1-28H,29H2. The molecule has 250 valence electrons. The fourth-order valence-corrected chi connectivity index (χ4v) is 8.22. The van der Waals surface area contributed by atoms with Crippen LogP contribution in [-0.4, -0.2) is 14.1 Å². The summed E-state index contributed by atoms with van der Waals surface area (Å²) >= 11 is 0. The molecule has 1 aliphatic rings. The highest BCUT2D eigenvalue weighted by atomic mass is 19.1. The van der Waals surface area contributed by atoms with Gasteiger partial charge in [-0.15, -0.1) is 0 Å². The largest absolute Gasteiger partial charge is 0.488 e. The molecule has 0 bridgehead atoms. The summed E-state index contributed by atoms with van der Waals surface area (Å²) in [6, 6.07) is 58.5. The predicted octanol–water partition coefficient (Wildman–Crippen LogP) is 12.3. The first-order chi connectivity index (χ1) is 26.2. The maximum absolute atomic E-state index is 14.3. The molecule has 0 spiro atoms. The lowest BCUT2D eigenvalue weighted by molar-refractivity contribution is 0.302. The van der Waals surface area contributed by atoms with Crippen molar-refractivity contribution in [3.05, 3.63) is 181 Å². The Hall–Kier alpha value is -6.98. The van der Waals surface area contributed by atoms with Gasteiger partial charge in [-0.3, -0.25) is 4.57 Å². The second-order valence-electron chi connectivity index (χ2n) is 13.7. The van der Waals surface area contributed by atoms with Crippen LogP contribution in [0.4, 0.5) is 4.39 Å². The molecule has 10 aromatic rings. The van der Waals surface area contributed by atoms with E-state index in [0.29, 0.717) is 12.4 Å². The van der Waals surface area contributed by atoms with E-state index in [4.69, 9.17) is 9.72 Å². The van der Waals surface area contributed by atoms with Crippen LogP contribution in [-0.2, 0) is 6.61 Å². The van der Waals surface area contributed by atoms with E-state index in [1.54, 1.807) is 12.1 Å². The average molecular weight is 684 g/mol. The maximum Gasteiger partial charge on any atom is 0.138 e. The zero-order valence-electron chi connectivity index (χ0n) is 28.5. The number of hydrogen-bond donors (Lipinski definition) is 0. The van der Waals surface area contributed by atoms with Crippen LogP contribution in [0, 0.1) is 5.82 Å². The second kappa shape index (κ2) is 11.5. The zero-order valence-corrected chi connectivity index (χ0v) is 28.5. The van der Waals surface area contributed by atoms with Crippen molar-refractivity contribution in [2.75, 3.05) is 0 Å². The molecule has 0 aliphatic carbocycles. The number of ether oxygens (including phenoxy) is 1. The number of aromatic nitrogens is 3. The third-order valence-electron chi connectivity index (χ3n) is 10.7. The normalized spacial score (nSPS) is 12.3. The van der Waals surface area contributed by atoms with Gasteiger partial charge in [0.15, 0.2) is 0 Å². The predicted molar refractivity (Wildman–Crippen MR) is 214 cm³/mol. The zero-order chi connectivity index (χ0) is 35.0. The van der Waals surface area contributed by atoms with Gasteiger partial charge in [-0.1, -0.05) is 84.9 Å². The third kappa shape index (κ3) is 4.64. The summed E-state index contributed by atoms with van der Waals surface area (Å²) in [6.07, 6.45) is 0. The molecule has 0 fully saturated rings.